The Kier molecular flexibility index (Phi) is 4.19. The van der Waals surface area contributed by atoms with E-state index in [0.29, 0.717) is 4.90 Å². The summed E-state index contributed by atoms with van der Waals surface area (Å²) in [5.41, 5.74) is -2.43. The molecule has 0 bridgehead atoms. The Balaban J connectivity index is 3.11. The maximum Gasteiger partial charge on any atom is 0.325 e. The van der Waals surface area contributed by atoms with Crippen LogP contribution in [-0.4, -0.2) is 56.0 Å². The zero-order valence-corrected chi connectivity index (χ0v) is 9.37. The first-order chi connectivity index (χ1) is 8.81. The molecule has 1 rings (SSSR count). The van der Waals surface area contributed by atoms with Gasteiger partial charge in [-0.15, -0.1) is 0 Å². The topological polar surface area (TPSA) is 161 Å². The number of carboxylic acid groups (broad SMARTS) is 2. The Labute approximate surface area is 104 Å². The van der Waals surface area contributed by atoms with Crippen LogP contribution in [0.2, 0.25) is 0 Å². The van der Waals surface area contributed by atoms with Gasteiger partial charge in [0.2, 0.25) is 0 Å². The SMILES string of the molecule is O=C(O)CN(CC(=O)O)C(=O)c1c[nH]c(=O)[nH]c1=O. The van der Waals surface area contributed by atoms with Crippen LogP contribution in [0.15, 0.2) is 15.8 Å². The van der Waals surface area contributed by atoms with Gasteiger partial charge in [0, 0.05) is 6.20 Å². The van der Waals surface area contributed by atoms with Gasteiger partial charge in [0.15, 0.2) is 0 Å². The first-order valence-electron chi connectivity index (χ1n) is 4.86. The fourth-order valence-electron chi connectivity index (χ4n) is 1.27. The van der Waals surface area contributed by atoms with E-state index in [1.165, 1.54) is 0 Å². The molecule has 1 heterocycles. The Hall–Kier alpha value is -2.91. The molecule has 0 aliphatic carbocycles. The zero-order valence-electron chi connectivity index (χ0n) is 9.37. The number of aromatic nitrogens is 2. The fourth-order valence-corrected chi connectivity index (χ4v) is 1.27. The average Bonchev–Trinajstić information content (AvgIpc) is 2.26. The minimum Gasteiger partial charge on any atom is -0.480 e. The molecule has 0 unspecified atom stereocenters. The summed E-state index contributed by atoms with van der Waals surface area (Å²) in [6, 6.07) is 0. The molecule has 0 spiro atoms. The molecule has 0 aliphatic rings. The molecule has 0 aliphatic heterocycles. The summed E-state index contributed by atoms with van der Waals surface area (Å²) < 4.78 is 0. The minimum absolute atomic E-state index is 0.452. The van der Waals surface area contributed by atoms with Crippen molar-refractivity contribution in [1.29, 1.82) is 0 Å². The van der Waals surface area contributed by atoms with E-state index in [2.05, 4.69) is 0 Å². The maximum absolute atomic E-state index is 11.8. The second-order valence-corrected chi connectivity index (χ2v) is 3.43. The summed E-state index contributed by atoms with van der Waals surface area (Å²) in [5, 5.41) is 17.2. The van der Waals surface area contributed by atoms with E-state index >= 15 is 0 Å². The van der Waals surface area contributed by atoms with Crippen molar-refractivity contribution in [2.24, 2.45) is 0 Å². The third kappa shape index (κ3) is 3.80. The van der Waals surface area contributed by atoms with Crippen LogP contribution < -0.4 is 11.2 Å². The number of hydrogen-bond acceptors (Lipinski definition) is 5. The van der Waals surface area contributed by atoms with Gasteiger partial charge in [-0.05, 0) is 0 Å². The summed E-state index contributed by atoms with van der Waals surface area (Å²) in [7, 11) is 0. The van der Waals surface area contributed by atoms with Gasteiger partial charge >= 0.3 is 17.6 Å². The first-order valence-corrected chi connectivity index (χ1v) is 4.86. The summed E-state index contributed by atoms with van der Waals surface area (Å²) in [6.45, 7) is -1.77. The predicted octanol–water partition coefficient (Wildman–Crippen LogP) is -2.33. The molecule has 10 heteroatoms. The second-order valence-electron chi connectivity index (χ2n) is 3.43. The normalized spacial score (nSPS) is 9.89. The molecule has 102 valence electrons. The number of hydrogen-bond donors (Lipinski definition) is 4. The zero-order chi connectivity index (χ0) is 14.6. The van der Waals surface area contributed by atoms with Gasteiger partial charge in [0.05, 0.1) is 0 Å². The van der Waals surface area contributed by atoms with E-state index in [1.54, 1.807) is 4.98 Å². The molecule has 0 radical (unpaired) electrons. The summed E-state index contributed by atoms with van der Waals surface area (Å²) >= 11 is 0. The highest BCUT2D eigenvalue weighted by Crippen LogP contribution is 1.98. The summed E-state index contributed by atoms with van der Waals surface area (Å²) in [4.78, 5) is 59.2. The molecule has 10 nitrogen and oxygen atoms in total. The molecule has 1 aromatic rings. The molecular formula is C9H9N3O7. The Morgan fingerprint density at radius 3 is 2.05 bits per heavy atom. The number of carboxylic acids is 2. The minimum atomic E-state index is -1.43. The summed E-state index contributed by atoms with van der Waals surface area (Å²) in [5.74, 6) is -3.98. The Morgan fingerprint density at radius 1 is 1.11 bits per heavy atom. The molecule has 0 aromatic carbocycles. The van der Waals surface area contributed by atoms with E-state index in [-0.39, 0.29) is 0 Å². The van der Waals surface area contributed by atoms with Crippen molar-refractivity contribution in [1.82, 2.24) is 14.9 Å². The van der Waals surface area contributed by atoms with Crippen molar-refractivity contribution in [2.75, 3.05) is 13.1 Å². The molecule has 19 heavy (non-hydrogen) atoms. The van der Waals surface area contributed by atoms with Crippen LogP contribution in [0.1, 0.15) is 10.4 Å². The van der Waals surface area contributed by atoms with Crippen molar-refractivity contribution in [2.45, 2.75) is 0 Å². The quantitative estimate of drug-likeness (QED) is 0.467. The average molecular weight is 271 g/mol. The van der Waals surface area contributed by atoms with E-state index in [0.717, 1.165) is 6.20 Å². The van der Waals surface area contributed by atoms with Gasteiger partial charge in [-0.1, -0.05) is 0 Å². The van der Waals surface area contributed by atoms with Crippen molar-refractivity contribution in [3.05, 3.63) is 32.6 Å². The van der Waals surface area contributed by atoms with Crippen LogP contribution in [0.5, 0.6) is 0 Å². The number of carbonyl (C=O) groups excluding carboxylic acids is 1. The Morgan fingerprint density at radius 2 is 1.63 bits per heavy atom. The highest BCUT2D eigenvalue weighted by atomic mass is 16.4. The van der Waals surface area contributed by atoms with E-state index in [4.69, 9.17) is 10.2 Å². The number of H-pyrrole nitrogens is 2. The molecular weight excluding hydrogens is 262 g/mol. The standard InChI is InChI=1S/C9H9N3O7/c13-5(14)2-12(3-6(15)16)8(18)4-1-10-9(19)11-7(4)17/h1H,2-3H2,(H,13,14)(H,15,16)(H2,10,11,17,19). The lowest BCUT2D eigenvalue weighted by Gasteiger charge is -2.17. The van der Waals surface area contributed by atoms with Crippen LogP contribution in [0.25, 0.3) is 0 Å². The van der Waals surface area contributed by atoms with Gasteiger partial charge in [-0.2, -0.15) is 0 Å². The van der Waals surface area contributed by atoms with E-state index < -0.39 is 47.7 Å². The first kappa shape index (κ1) is 14.2. The number of aromatic amines is 2. The number of rotatable bonds is 5. The predicted molar refractivity (Wildman–Crippen MR) is 58.9 cm³/mol. The van der Waals surface area contributed by atoms with Gasteiger partial charge in [-0.3, -0.25) is 24.2 Å². The number of carbonyl (C=O) groups is 3. The van der Waals surface area contributed by atoms with Gasteiger partial charge in [-0.25, -0.2) is 4.79 Å². The molecule has 1 amide bonds. The molecule has 0 saturated carbocycles. The van der Waals surface area contributed by atoms with Crippen molar-refractivity contribution < 1.29 is 24.6 Å². The van der Waals surface area contributed by atoms with Crippen LogP contribution in [0, 0.1) is 0 Å². The number of nitrogens with zero attached hydrogens (tertiary/aromatic N) is 1. The van der Waals surface area contributed by atoms with Crippen molar-refractivity contribution in [3.8, 4) is 0 Å². The number of nitrogens with one attached hydrogen (secondary N) is 2. The lowest BCUT2D eigenvalue weighted by Crippen LogP contribution is -2.42. The van der Waals surface area contributed by atoms with Crippen molar-refractivity contribution >= 4 is 17.8 Å². The molecule has 4 N–H and O–H groups in total. The second kappa shape index (κ2) is 5.62. The van der Waals surface area contributed by atoms with Gasteiger partial charge in [0.25, 0.3) is 11.5 Å². The third-order valence-corrected chi connectivity index (χ3v) is 1.99. The van der Waals surface area contributed by atoms with Crippen LogP contribution in [-0.2, 0) is 9.59 Å². The lowest BCUT2D eigenvalue weighted by molar-refractivity contribution is -0.140. The van der Waals surface area contributed by atoms with E-state index in [9.17, 15) is 24.0 Å². The highest BCUT2D eigenvalue weighted by molar-refractivity contribution is 5.96. The van der Waals surface area contributed by atoms with Crippen LogP contribution in [0.4, 0.5) is 0 Å². The van der Waals surface area contributed by atoms with Crippen LogP contribution >= 0.6 is 0 Å². The molecule has 0 fully saturated rings. The smallest absolute Gasteiger partial charge is 0.325 e. The molecule has 0 atom stereocenters. The van der Waals surface area contributed by atoms with E-state index in [1.807, 2.05) is 4.98 Å². The summed E-state index contributed by atoms with van der Waals surface area (Å²) in [6.07, 6.45) is 0.792. The Bertz CT molecular complexity index is 613. The van der Waals surface area contributed by atoms with Crippen LogP contribution in [0.3, 0.4) is 0 Å². The van der Waals surface area contributed by atoms with Gasteiger partial charge in [0.1, 0.15) is 18.7 Å². The lowest BCUT2D eigenvalue weighted by atomic mass is 10.3. The monoisotopic (exact) mass is 271 g/mol. The fraction of sp³-hybridized carbons (Fsp3) is 0.222. The number of amides is 1. The largest absolute Gasteiger partial charge is 0.480 e. The highest BCUT2D eigenvalue weighted by Gasteiger charge is 2.23. The molecule has 1 aromatic heterocycles. The maximum atomic E-state index is 11.8. The molecule has 0 saturated heterocycles. The van der Waals surface area contributed by atoms with Crippen molar-refractivity contribution in [3.63, 3.8) is 0 Å². The van der Waals surface area contributed by atoms with Gasteiger partial charge < -0.3 is 20.1 Å². The number of aliphatic carboxylic acids is 2. The third-order valence-electron chi connectivity index (χ3n) is 1.99.